The van der Waals surface area contributed by atoms with Crippen LogP contribution in [-0.2, 0) is 6.54 Å². The predicted molar refractivity (Wildman–Crippen MR) is 73.4 cm³/mol. The SMILES string of the molecule is Cc1nc(C(C)C)[nH]c(=O)c1C(=O)NCc1ncc[nH]1. The number of carbonyl (C=O) groups is 1. The zero-order valence-corrected chi connectivity index (χ0v) is 11.7. The van der Waals surface area contributed by atoms with E-state index in [0.29, 0.717) is 17.3 Å². The van der Waals surface area contributed by atoms with Crippen molar-refractivity contribution in [1.82, 2.24) is 25.3 Å². The van der Waals surface area contributed by atoms with Crippen LogP contribution < -0.4 is 10.9 Å². The van der Waals surface area contributed by atoms with Crippen molar-refractivity contribution in [3.8, 4) is 0 Å². The Hall–Kier alpha value is -2.44. The molecule has 2 rings (SSSR count). The molecule has 2 heterocycles. The molecule has 0 radical (unpaired) electrons. The molecule has 0 saturated carbocycles. The Kier molecular flexibility index (Phi) is 3.97. The van der Waals surface area contributed by atoms with Gasteiger partial charge in [0, 0.05) is 18.3 Å². The fourth-order valence-corrected chi connectivity index (χ4v) is 1.80. The molecule has 0 aliphatic heterocycles. The topological polar surface area (TPSA) is 104 Å². The number of aryl methyl sites for hydroxylation is 1. The lowest BCUT2D eigenvalue weighted by Crippen LogP contribution is -2.32. The van der Waals surface area contributed by atoms with E-state index in [4.69, 9.17) is 0 Å². The summed E-state index contributed by atoms with van der Waals surface area (Å²) in [7, 11) is 0. The summed E-state index contributed by atoms with van der Waals surface area (Å²) in [5.74, 6) is 0.846. The van der Waals surface area contributed by atoms with E-state index in [1.165, 1.54) is 0 Å². The molecule has 2 aromatic heterocycles. The van der Waals surface area contributed by atoms with Crippen LogP contribution in [0.4, 0.5) is 0 Å². The van der Waals surface area contributed by atoms with Crippen LogP contribution in [0.15, 0.2) is 17.2 Å². The van der Waals surface area contributed by atoms with Gasteiger partial charge in [-0.15, -0.1) is 0 Å². The highest BCUT2D eigenvalue weighted by atomic mass is 16.2. The van der Waals surface area contributed by atoms with Crippen molar-refractivity contribution < 1.29 is 4.79 Å². The number of hydrogen-bond donors (Lipinski definition) is 3. The van der Waals surface area contributed by atoms with Gasteiger partial charge in [0.05, 0.1) is 12.2 Å². The predicted octanol–water partition coefficient (Wildman–Crippen LogP) is 0.855. The number of imidazole rings is 1. The number of nitrogens with one attached hydrogen (secondary N) is 3. The van der Waals surface area contributed by atoms with E-state index in [-0.39, 0.29) is 18.0 Å². The van der Waals surface area contributed by atoms with Gasteiger partial charge in [-0.2, -0.15) is 0 Å². The first-order chi connectivity index (χ1) is 9.49. The Bertz CT molecular complexity index is 658. The average molecular weight is 275 g/mol. The monoisotopic (exact) mass is 275 g/mol. The third kappa shape index (κ3) is 2.93. The number of rotatable bonds is 4. The molecule has 0 aliphatic rings. The fraction of sp³-hybridized carbons (Fsp3) is 0.385. The van der Waals surface area contributed by atoms with Gasteiger partial charge >= 0.3 is 0 Å². The van der Waals surface area contributed by atoms with Crippen molar-refractivity contribution in [1.29, 1.82) is 0 Å². The summed E-state index contributed by atoms with van der Waals surface area (Å²) in [5, 5.41) is 2.64. The highest BCUT2D eigenvalue weighted by molar-refractivity contribution is 5.94. The summed E-state index contributed by atoms with van der Waals surface area (Å²) in [6.07, 6.45) is 3.26. The number of nitrogens with zero attached hydrogens (tertiary/aromatic N) is 2. The second kappa shape index (κ2) is 5.68. The van der Waals surface area contributed by atoms with Crippen molar-refractivity contribution in [2.75, 3.05) is 0 Å². The van der Waals surface area contributed by atoms with E-state index in [1.807, 2.05) is 13.8 Å². The average Bonchev–Trinajstić information content (AvgIpc) is 2.88. The van der Waals surface area contributed by atoms with Crippen LogP contribution in [0.25, 0.3) is 0 Å². The van der Waals surface area contributed by atoms with Crippen molar-refractivity contribution in [3.63, 3.8) is 0 Å². The molecule has 7 nitrogen and oxygen atoms in total. The van der Waals surface area contributed by atoms with Gasteiger partial charge in [-0.25, -0.2) is 9.97 Å². The second-order valence-electron chi connectivity index (χ2n) is 4.78. The zero-order chi connectivity index (χ0) is 14.7. The van der Waals surface area contributed by atoms with Gasteiger partial charge in [-0.3, -0.25) is 9.59 Å². The Balaban J connectivity index is 2.20. The zero-order valence-electron chi connectivity index (χ0n) is 11.7. The number of carbonyl (C=O) groups excluding carboxylic acids is 1. The second-order valence-corrected chi connectivity index (χ2v) is 4.78. The summed E-state index contributed by atoms with van der Waals surface area (Å²) in [6, 6.07) is 0. The van der Waals surface area contributed by atoms with Crippen LogP contribution in [0.5, 0.6) is 0 Å². The number of amides is 1. The smallest absolute Gasteiger partial charge is 0.264 e. The quantitative estimate of drug-likeness (QED) is 0.769. The highest BCUT2D eigenvalue weighted by Crippen LogP contribution is 2.08. The molecular weight excluding hydrogens is 258 g/mol. The van der Waals surface area contributed by atoms with Crippen LogP contribution in [0.2, 0.25) is 0 Å². The third-order valence-electron chi connectivity index (χ3n) is 2.86. The lowest BCUT2D eigenvalue weighted by atomic mass is 10.1. The fourth-order valence-electron chi connectivity index (χ4n) is 1.80. The van der Waals surface area contributed by atoms with E-state index in [0.717, 1.165) is 0 Å². The lowest BCUT2D eigenvalue weighted by Gasteiger charge is -2.09. The molecule has 3 N–H and O–H groups in total. The highest BCUT2D eigenvalue weighted by Gasteiger charge is 2.17. The van der Waals surface area contributed by atoms with Crippen molar-refractivity contribution >= 4 is 5.91 Å². The largest absolute Gasteiger partial charge is 0.347 e. The maximum absolute atomic E-state index is 12.0. The molecule has 0 saturated heterocycles. The van der Waals surface area contributed by atoms with Gasteiger partial charge < -0.3 is 15.3 Å². The first-order valence-corrected chi connectivity index (χ1v) is 6.36. The van der Waals surface area contributed by atoms with Crippen LogP contribution in [-0.4, -0.2) is 25.8 Å². The normalized spacial score (nSPS) is 10.8. The Morgan fingerprint density at radius 2 is 2.20 bits per heavy atom. The van der Waals surface area contributed by atoms with E-state index in [9.17, 15) is 9.59 Å². The van der Waals surface area contributed by atoms with E-state index >= 15 is 0 Å². The first-order valence-electron chi connectivity index (χ1n) is 6.36. The van der Waals surface area contributed by atoms with E-state index in [1.54, 1.807) is 19.3 Å². The molecule has 20 heavy (non-hydrogen) atoms. The minimum absolute atomic E-state index is 0.0426. The molecule has 0 fully saturated rings. The minimum atomic E-state index is -0.456. The summed E-state index contributed by atoms with van der Waals surface area (Å²) >= 11 is 0. The molecule has 0 aliphatic carbocycles. The van der Waals surface area contributed by atoms with Gasteiger partial charge in [0.25, 0.3) is 11.5 Å². The summed E-state index contributed by atoms with van der Waals surface area (Å²) in [5.41, 5.74) is 0.0495. The van der Waals surface area contributed by atoms with Gasteiger partial charge in [0.1, 0.15) is 17.2 Å². The third-order valence-corrected chi connectivity index (χ3v) is 2.86. The number of aromatic nitrogens is 4. The van der Waals surface area contributed by atoms with Gasteiger partial charge in [0.15, 0.2) is 0 Å². The molecular formula is C13H17N5O2. The van der Waals surface area contributed by atoms with Crippen LogP contribution in [0.1, 0.15) is 47.5 Å². The summed E-state index contributed by atoms with van der Waals surface area (Å²) < 4.78 is 0. The van der Waals surface area contributed by atoms with Gasteiger partial charge in [-0.05, 0) is 6.92 Å². The molecule has 0 atom stereocenters. The Morgan fingerprint density at radius 1 is 1.45 bits per heavy atom. The molecule has 0 bridgehead atoms. The number of hydrogen-bond acceptors (Lipinski definition) is 4. The van der Waals surface area contributed by atoms with Gasteiger partial charge in [0.2, 0.25) is 0 Å². The maximum Gasteiger partial charge on any atom is 0.264 e. The van der Waals surface area contributed by atoms with Crippen molar-refractivity contribution in [2.45, 2.75) is 33.2 Å². The lowest BCUT2D eigenvalue weighted by molar-refractivity contribution is 0.0947. The minimum Gasteiger partial charge on any atom is -0.347 e. The molecule has 0 spiro atoms. The molecule has 2 aromatic rings. The van der Waals surface area contributed by atoms with Crippen LogP contribution in [0.3, 0.4) is 0 Å². The number of H-pyrrole nitrogens is 2. The summed E-state index contributed by atoms with van der Waals surface area (Å²) in [4.78, 5) is 37.8. The van der Waals surface area contributed by atoms with Crippen molar-refractivity contribution in [3.05, 3.63) is 45.7 Å². The van der Waals surface area contributed by atoms with E-state index < -0.39 is 11.5 Å². The number of aromatic amines is 2. The standard InChI is InChI=1S/C13H17N5O2/c1-7(2)11-17-8(3)10(13(20)18-11)12(19)16-6-9-14-4-5-15-9/h4-5,7H,6H2,1-3H3,(H,14,15)(H,16,19)(H,17,18,20). The first kappa shape index (κ1) is 14.0. The molecule has 106 valence electrons. The molecule has 7 heteroatoms. The molecule has 0 aromatic carbocycles. The van der Waals surface area contributed by atoms with Gasteiger partial charge in [-0.1, -0.05) is 13.8 Å². The Labute approximate surface area is 115 Å². The Morgan fingerprint density at radius 3 is 2.75 bits per heavy atom. The summed E-state index contributed by atoms with van der Waals surface area (Å²) in [6.45, 7) is 5.74. The molecule has 0 unspecified atom stereocenters. The maximum atomic E-state index is 12.0. The van der Waals surface area contributed by atoms with Crippen LogP contribution >= 0.6 is 0 Å². The van der Waals surface area contributed by atoms with Crippen molar-refractivity contribution in [2.24, 2.45) is 0 Å². The molecule has 1 amide bonds. The van der Waals surface area contributed by atoms with Crippen LogP contribution in [0, 0.1) is 6.92 Å². The van der Waals surface area contributed by atoms with E-state index in [2.05, 4.69) is 25.3 Å².